The van der Waals surface area contributed by atoms with Crippen molar-refractivity contribution in [3.8, 4) is 0 Å². The van der Waals surface area contributed by atoms with Crippen LogP contribution in [0.1, 0.15) is 30.1 Å². The van der Waals surface area contributed by atoms with Crippen LogP contribution in [0.5, 0.6) is 0 Å². The van der Waals surface area contributed by atoms with Crippen molar-refractivity contribution >= 4 is 33.5 Å². The molecule has 1 aromatic rings. The molecule has 3 atom stereocenters. The van der Waals surface area contributed by atoms with Gasteiger partial charge in [0.1, 0.15) is 5.78 Å². The van der Waals surface area contributed by atoms with Crippen LogP contribution in [-0.2, 0) is 14.3 Å². The van der Waals surface area contributed by atoms with Gasteiger partial charge in [0.2, 0.25) is 6.54 Å². The zero-order valence-electron chi connectivity index (χ0n) is 13.6. The highest BCUT2D eigenvalue weighted by atomic mass is 79.9. The van der Waals surface area contributed by atoms with E-state index in [2.05, 4.69) is 15.9 Å². The summed E-state index contributed by atoms with van der Waals surface area (Å²) >= 11 is 3.26. The number of ketones is 2. The molecule has 2 rings (SSSR count). The largest absolute Gasteiger partial charge is 0.457 e. The number of rotatable bonds is 7. The molecule has 25 heavy (non-hydrogen) atoms. The van der Waals surface area contributed by atoms with Crippen molar-refractivity contribution in [2.24, 2.45) is 17.8 Å². The molecule has 0 radical (unpaired) electrons. The first kappa shape index (κ1) is 19.2. The standard InChI is InChI=1S/C17H18BrNO6/c1-10-6-15(20)13(14(10)8-19(23)24)7-17(22)25-9-16(21)11-2-4-12(18)5-3-11/h2-5,10,13-14H,6-9H2,1H3/t10-,13+,14+/m0/s1. The Bertz CT molecular complexity index is 687. The van der Waals surface area contributed by atoms with Crippen LogP contribution in [0.25, 0.3) is 0 Å². The van der Waals surface area contributed by atoms with Crippen molar-refractivity contribution in [1.82, 2.24) is 0 Å². The van der Waals surface area contributed by atoms with Gasteiger partial charge in [0.15, 0.2) is 12.4 Å². The van der Waals surface area contributed by atoms with Crippen molar-refractivity contribution in [3.63, 3.8) is 0 Å². The van der Waals surface area contributed by atoms with Gasteiger partial charge in [-0.15, -0.1) is 0 Å². The topological polar surface area (TPSA) is 104 Å². The Kier molecular flexibility index (Phi) is 6.41. The second-order valence-corrected chi connectivity index (χ2v) is 7.14. The minimum atomic E-state index is -0.712. The molecule has 7 nitrogen and oxygen atoms in total. The molecule has 1 saturated carbocycles. The van der Waals surface area contributed by atoms with Gasteiger partial charge in [-0.1, -0.05) is 35.0 Å². The monoisotopic (exact) mass is 411 g/mol. The van der Waals surface area contributed by atoms with Gasteiger partial charge in [-0.05, 0) is 18.1 Å². The average Bonchev–Trinajstić information content (AvgIpc) is 2.80. The van der Waals surface area contributed by atoms with Crippen LogP contribution in [0, 0.1) is 27.9 Å². The minimum absolute atomic E-state index is 0.139. The summed E-state index contributed by atoms with van der Waals surface area (Å²) in [7, 11) is 0. The Morgan fingerprint density at radius 1 is 1.32 bits per heavy atom. The molecule has 1 aliphatic rings. The number of carbonyl (C=O) groups is 3. The lowest BCUT2D eigenvalue weighted by atomic mass is 9.88. The number of Topliss-reactive ketones (excluding diaryl/α,β-unsaturated/α-hetero) is 2. The summed E-state index contributed by atoms with van der Waals surface area (Å²) in [6.07, 6.45) is 0.00355. The molecule has 1 fully saturated rings. The van der Waals surface area contributed by atoms with E-state index in [4.69, 9.17) is 4.74 Å². The average molecular weight is 412 g/mol. The normalized spacial score (nSPS) is 22.6. The van der Waals surface area contributed by atoms with Gasteiger partial charge in [-0.3, -0.25) is 24.5 Å². The number of halogens is 1. The Morgan fingerprint density at radius 2 is 1.96 bits per heavy atom. The summed E-state index contributed by atoms with van der Waals surface area (Å²) in [5.74, 6) is -2.52. The highest BCUT2D eigenvalue weighted by Crippen LogP contribution is 2.36. The lowest BCUT2D eigenvalue weighted by molar-refractivity contribution is -0.490. The number of hydrogen-bond donors (Lipinski definition) is 0. The van der Waals surface area contributed by atoms with E-state index in [-0.39, 0.29) is 36.9 Å². The number of hydrogen-bond acceptors (Lipinski definition) is 6. The molecular formula is C17H18BrNO6. The van der Waals surface area contributed by atoms with Crippen molar-refractivity contribution in [2.75, 3.05) is 13.2 Å². The second kappa shape index (κ2) is 8.33. The molecule has 0 N–H and O–H groups in total. The number of carbonyl (C=O) groups excluding carboxylic acids is 3. The number of nitrogens with zero attached hydrogens (tertiary/aromatic N) is 1. The van der Waals surface area contributed by atoms with Gasteiger partial charge in [0.25, 0.3) is 0 Å². The Hall–Kier alpha value is -2.09. The molecule has 0 unspecified atom stereocenters. The summed E-state index contributed by atoms with van der Waals surface area (Å²) in [6.45, 7) is 1.01. The molecule has 0 aromatic heterocycles. The number of esters is 1. The molecule has 0 aliphatic heterocycles. The molecule has 1 aromatic carbocycles. The molecular weight excluding hydrogens is 394 g/mol. The number of ether oxygens (including phenoxy) is 1. The molecule has 134 valence electrons. The number of nitro groups is 1. The maximum absolute atomic E-state index is 12.0. The van der Waals surface area contributed by atoms with E-state index in [1.807, 2.05) is 0 Å². The Balaban J connectivity index is 1.90. The number of benzene rings is 1. The van der Waals surface area contributed by atoms with E-state index in [1.54, 1.807) is 31.2 Å². The highest BCUT2D eigenvalue weighted by Gasteiger charge is 2.44. The van der Waals surface area contributed by atoms with E-state index in [9.17, 15) is 24.5 Å². The van der Waals surface area contributed by atoms with Gasteiger partial charge in [-0.25, -0.2) is 0 Å². The predicted molar refractivity (Wildman–Crippen MR) is 91.7 cm³/mol. The van der Waals surface area contributed by atoms with Crippen LogP contribution in [0.2, 0.25) is 0 Å². The van der Waals surface area contributed by atoms with Crippen LogP contribution in [0.4, 0.5) is 0 Å². The first-order valence-corrected chi connectivity index (χ1v) is 8.66. The van der Waals surface area contributed by atoms with Gasteiger partial charge in [0.05, 0.1) is 6.42 Å². The summed E-state index contributed by atoms with van der Waals surface area (Å²) < 4.78 is 5.79. The van der Waals surface area contributed by atoms with Crippen LogP contribution >= 0.6 is 15.9 Å². The van der Waals surface area contributed by atoms with Crippen molar-refractivity contribution in [3.05, 3.63) is 44.4 Å². The van der Waals surface area contributed by atoms with Crippen molar-refractivity contribution < 1.29 is 24.0 Å². The maximum Gasteiger partial charge on any atom is 0.306 e. The fraction of sp³-hybridized carbons (Fsp3) is 0.471. The second-order valence-electron chi connectivity index (χ2n) is 6.23. The molecule has 0 amide bonds. The molecule has 0 bridgehead atoms. The molecule has 0 saturated heterocycles. The van der Waals surface area contributed by atoms with Crippen LogP contribution in [-0.4, -0.2) is 35.6 Å². The third-order valence-corrected chi connectivity index (χ3v) is 4.99. The fourth-order valence-electron chi connectivity index (χ4n) is 3.10. The summed E-state index contributed by atoms with van der Waals surface area (Å²) in [6, 6.07) is 6.62. The van der Waals surface area contributed by atoms with Crippen molar-refractivity contribution in [1.29, 1.82) is 0 Å². The van der Waals surface area contributed by atoms with E-state index >= 15 is 0 Å². The van der Waals surface area contributed by atoms with Crippen LogP contribution in [0.15, 0.2) is 28.7 Å². The minimum Gasteiger partial charge on any atom is -0.457 e. The van der Waals surface area contributed by atoms with E-state index in [1.165, 1.54) is 0 Å². The Labute approximate surface area is 153 Å². The lowest BCUT2D eigenvalue weighted by Gasteiger charge is -2.16. The van der Waals surface area contributed by atoms with Gasteiger partial charge < -0.3 is 4.74 Å². The van der Waals surface area contributed by atoms with Crippen LogP contribution in [0.3, 0.4) is 0 Å². The lowest BCUT2D eigenvalue weighted by Crippen LogP contribution is -2.28. The van der Waals surface area contributed by atoms with E-state index in [0.29, 0.717) is 5.56 Å². The fourth-order valence-corrected chi connectivity index (χ4v) is 3.37. The molecule has 0 heterocycles. The van der Waals surface area contributed by atoms with Crippen molar-refractivity contribution in [2.45, 2.75) is 19.8 Å². The highest BCUT2D eigenvalue weighted by molar-refractivity contribution is 9.10. The van der Waals surface area contributed by atoms with Gasteiger partial charge in [0, 0.05) is 33.2 Å². The summed E-state index contributed by atoms with van der Waals surface area (Å²) in [5.41, 5.74) is 0.410. The molecule has 1 aliphatic carbocycles. The van der Waals surface area contributed by atoms with Gasteiger partial charge in [-0.2, -0.15) is 0 Å². The first-order chi connectivity index (χ1) is 11.8. The maximum atomic E-state index is 12.0. The summed E-state index contributed by atoms with van der Waals surface area (Å²) in [5, 5.41) is 10.8. The SMILES string of the molecule is C[C@H]1CC(=O)[C@H](CC(=O)OCC(=O)c2ccc(Br)cc2)[C@@H]1C[N+](=O)[O-]. The third-order valence-electron chi connectivity index (χ3n) is 4.46. The van der Waals surface area contributed by atoms with E-state index < -0.39 is 29.3 Å². The van der Waals surface area contributed by atoms with Gasteiger partial charge >= 0.3 is 5.97 Å². The smallest absolute Gasteiger partial charge is 0.306 e. The predicted octanol–water partition coefficient (Wildman–Crippen LogP) is 2.68. The quantitative estimate of drug-likeness (QED) is 0.295. The molecule has 0 spiro atoms. The third kappa shape index (κ3) is 5.19. The summed E-state index contributed by atoms with van der Waals surface area (Å²) in [4.78, 5) is 46.2. The van der Waals surface area contributed by atoms with Crippen LogP contribution < -0.4 is 0 Å². The Morgan fingerprint density at radius 3 is 2.56 bits per heavy atom. The molecule has 8 heteroatoms. The first-order valence-electron chi connectivity index (χ1n) is 7.86. The zero-order chi connectivity index (χ0) is 18.6. The zero-order valence-corrected chi connectivity index (χ0v) is 15.2. The van der Waals surface area contributed by atoms with E-state index in [0.717, 1.165) is 4.47 Å².